The highest BCUT2D eigenvalue weighted by molar-refractivity contribution is 7.99. The predicted octanol–water partition coefficient (Wildman–Crippen LogP) is 1.24. The molecule has 1 aliphatic rings. The molecule has 2 N–H and O–H groups in total. The van der Waals surface area contributed by atoms with Crippen LogP contribution in [0.2, 0.25) is 0 Å². The van der Waals surface area contributed by atoms with Gasteiger partial charge in [0.1, 0.15) is 0 Å². The van der Waals surface area contributed by atoms with Gasteiger partial charge in [0, 0.05) is 24.9 Å². The molecule has 1 rings (SSSR count). The van der Waals surface area contributed by atoms with Crippen molar-refractivity contribution in [2.24, 2.45) is 5.92 Å². The summed E-state index contributed by atoms with van der Waals surface area (Å²) in [5, 5.41) is 12.1. The minimum absolute atomic E-state index is 0.0743. The molecule has 1 atom stereocenters. The number of nitrogens with one attached hydrogen (secondary N) is 1. The minimum Gasteiger partial charge on any atom is -0.481 e. The van der Waals surface area contributed by atoms with E-state index in [0.29, 0.717) is 37.7 Å². The second kappa shape index (κ2) is 6.74. The van der Waals surface area contributed by atoms with E-state index in [4.69, 9.17) is 5.11 Å². The molecule has 5 nitrogen and oxygen atoms in total. The number of urea groups is 1. The first kappa shape index (κ1) is 14.2. The van der Waals surface area contributed by atoms with Crippen LogP contribution in [0.3, 0.4) is 0 Å². The normalized spacial score (nSPS) is 18.8. The molecule has 1 saturated heterocycles. The van der Waals surface area contributed by atoms with Gasteiger partial charge in [0.25, 0.3) is 0 Å². The Kier molecular flexibility index (Phi) is 5.61. The highest BCUT2D eigenvalue weighted by Gasteiger charge is 2.26. The zero-order chi connectivity index (χ0) is 12.8. The third kappa shape index (κ3) is 4.46. The SMILES string of the molecule is CSC(C)CNC(=O)N1CCC(C(=O)O)CC1. The number of likely N-dealkylation sites (tertiary alicyclic amines) is 1. The van der Waals surface area contributed by atoms with E-state index in [0.717, 1.165) is 0 Å². The lowest BCUT2D eigenvalue weighted by Crippen LogP contribution is -2.46. The summed E-state index contributed by atoms with van der Waals surface area (Å²) in [5.41, 5.74) is 0. The van der Waals surface area contributed by atoms with Gasteiger partial charge in [-0.25, -0.2) is 4.79 Å². The quantitative estimate of drug-likeness (QED) is 0.798. The molecule has 0 bridgehead atoms. The fourth-order valence-corrected chi connectivity index (χ4v) is 2.01. The van der Waals surface area contributed by atoms with E-state index in [1.807, 2.05) is 6.26 Å². The van der Waals surface area contributed by atoms with Crippen molar-refractivity contribution in [3.8, 4) is 0 Å². The van der Waals surface area contributed by atoms with Gasteiger partial charge in [-0.1, -0.05) is 6.92 Å². The maximum Gasteiger partial charge on any atom is 0.317 e. The van der Waals surface area contributed by atoms with Crippen LogP contribution in [0.25, 0.3) is 0 Å². The molecular weight excluding hydrogens is 240 g/mol. The van der Waals surface area contributed by atoms with Crippen LogP contribution in [0.1, 0.15) is 19.8 Å². The van der Waals surface area contributed by atoms with Crippen LogP contribution in [0.5, 0.6) is 0 Å². The maximum absolute atomic E-state index is 11.8. The fraction of sp³-hybridized carbons (Fsp3) is 0.818. The number of piperidine rings is 1. The van der Waals surface area contributed by atoms with Crippen LogP contribution in [0.15, 0.2) is 0 Å². The molecule has 0 aromatic heterocycles. The molecule has 1 aliphatic heterocycles. The summed E-state index contributed by atoms with van der Waals surface area (Å²) in [6.07, 6.45) is 3.12. The van der Waals surface area contributed by atoms with E-state index >= 15 is 0 Å². The second-order valence-corrected chi connectivity index (χ2v) is 5.61. The predicted molar refractivity (Wildman–Crippen MR) is 68.3 cm³/mol. The molecule has 0 aromatic rings. The minimum atomic E-state index is -0.749. The summed E-state index contributed by atoms with van der Waals surface area (Å²) < 4.78 is 0. The molecule has 17 heavy (non-hydrogen) atoms. The highest BCUT2D eigenvalue weighted by Crippen LogP contribution is 2.17. The highest BCUT2D eigenvalue weighted by atomic mass is 32.2. The van der Waals surface area contributed by atoms with E-state index in [2.05, 4.69) is 12.2 Å². The van der Waals surface area contributed by atoms with Gasteiger partial charge in [-0.3, -0.25) is 4.79 Å². The van der Waals surface area contributed by atoms with Crippen LogP contribution in [-0.2, 0) is 4.79 Å². The van der Waals surface area contributed by atoms with Crippen molar-refractivity contribution in [1.82, 2.24) is 10.2 Å². The Hall–Kier alpha value is -0.910. The lowest BCUT2D eigenvalue weighted by atomic mass is 9.97. The third-order valence-electron chi connectivity index (χ3n) is 3.07. The molecule has 0 aromatic carbocycles. The molecule has 6 heteroatoms. The Bertz CT molecular complexity index is 278. The summed E-state index contributed by atoms with van der Waals surface area (Å²) in [7, 11) is 0. The molecule has 0 saturated carbocycles. The average Bonchev–Trinajstić information content (AvgIpc) is 2.35. The molecule has 1 heterocycles. The largest absolute Gasteiger partial charge is 0.481 e. The van der Waals surface area contributed by atoms with Gasteiger partial charge in [-0.2, -0.15) is 11.8 Å². The average molecular weight is 260 g/mol. The number of aliphatic carboxylic acids is 1. The topological polar surface area (TPSA) is 69.6 Å². The van der Waals surface area contributed by atoms with Crippen molar-refractivity contribution in [2.75, 3.05) is 25.9 Å². The number of hydrogen-bond acceptors (Lipinski definition) is 3. The Balaban J connectivity index is 2.28. The van der Waals surface area contributed by atoms with Crippen LogP contribution in [-0.4, -0.2) is 53.1 Å². The summed E-state index contributed by atoms with van der Waals surface area (Å²) in [5.74, 6) is -1.04. The Morgan fingerprint density at radius 1 is 1.47 bits per heavy atom. The van der Waals surface area contributed by atoms with Gasteiger partial charge < -0.3 is 15.3 Å². The van der Waals surface area contributed by atoms with E-state index in [1.54, 1.807) is 16.7 Å². The molecule has 98 valence electrons. The van der Waals surface area contributed by atoms with Crippen molar-refractivity contribution >= 4 is 23.8 Å². The first-order valence-electron chi connectivity index (χ1n) is 5.83. The molecular formula is C11H20N2O3S. The van der Waals surface area contributed by atoms with E-state index in [-0.39, 0.29) is 11.9 Å². The van der Waals surface area contributed by atoms with E-state index in [1.165, 1.54) is 0 Å². The van der Waals surface area contributed by atoms with Crippen molar-refractivity contribution in [1.29, 1.82) is 0 Å². The fourth-order valence-electron chi connectivity index (χ4n) is 1.76. The summed E-state index contributed by atoms with van der Waals surface area (Å²) in [6, 6.07) is -0.0743. The van der Waals surface area contributed by atoms with Crippen molar-refractivity contribution < 1.29 is 14.7 Å². The van der Waals surface area contributed by atoms with Crippen LogP contribution >= 0.6 is 11.8 Å². The van der Waals surface area contributed by atoms with E-state index < -0.39 is 5.97 Å². The summed E-state index contributed by atoms with van der Waals surface area (Å²) in [4.78, 5) is 24.2. The number of nitrogens with zero attached hydrogens (tertiary/aromatic N) is 1. The van der Waals surface area contributed by atoms with Gasteiger partial charge in [0.05, 0.1) is 5.92 Å². The van der Waals surface area contributed by atoms with Crippen LogP contribution in [0, 0.1) is 5.92 Å². The smallest absolute Gasteiger partial charge is 0.317 e. The summed E-state index contributed by atoms with van der Waals surface area (Å²) in [6.45, 7) is 3.79. The van der Waals surface area contributed by atoms with Crippen LogP contribution < -0.4 is 5.32 Å². The van der Waals surface area contributed by atoms with Gasteiger partial charge in [0.15, 0.2) is 0 Å². The zero-order valence-corrected chi connectivity index (χ0v) is 11.1. The van der Waals surface area contributed by atoms with Gasteiger partial charge in [-0.15, -0.1) is 0 Å². The number of carbonyl (C=O) groups excluding carboxylic acids is 1. The van der Waals surface area contributed by atoms with Gasteiger partial charge >= 0.3 is 12.0 Å². The number of carbonyl (C=O) groups is 2. The molecule has 0 aliphatic carbocycles. The molecule has 0 spiro atoms. The zero-order valence-electron chi connectivity index (χ0n) is 10.3. The molecule has 1 fully saturated rings. The molecule has 1 unspecified atom stereocenters. The number of hydrogen-bond donors (Lipinski definition) is 2. The number of amides is 2. The second-order valence-electron chi connectivity index (χ2n) is 4.33. The first-order chi connectivity index (χ1) is 8.04. The number of thioether (sulfide) groups is 1. The number of rotatable bonds is 4. The van der Waals surface area contributed by atoms with Crippen molar-refractivity contribution in [3.05, 3.63) is 0 Å². The maximum atomic E-state index is 11.8. The van der Waals surface area contributed by atoms with E-state index in [9.17, 15) is 9.59 Å². The monoisotopic (exact) mass is 260 g/mol. The molecule has 2 amide bonds. The van der Waals surface area contributed by atoms with Crippen LogP contribution in [0.4, 0.5) is 4.79 Å². The third-order valence-corrected chi connectivity index (χ3v) is 4.05. The summed E-state index contributed by atoms with van der Waals surface area (Å²) >= 11 is 1.71. The van der Waals surface area contributed by atoms with Gasteiger partial charge in [0.2, 0.25) is 0 Å². The Labute approximate surface area is 106 Å². The standard InChI is InChI=1S/C11H20N2O3S/c1-8(17-2)7-12-11(16)13-5-3-9(4-6-13)10(14)15/h8-9H,3-7H2,1-2H3,(H,12,16)(H,14,15). The lowest BCUT2D eigenvalue weighted by Gasteiger charge is -2.30. The van der Waals surface area contributed by atoms with Crippen molar-refractivity contribution in [3.63, 3.8) is 0 Å². The number of carboxylic acids is 1. The number of carboxylic acid groups (broad SMARTS) is 1. The Morgan fingerprint density at radius 2 is 2.06 bits per heavy atom. The van der Waals surface area contributed by atoms with Gasteiger partial charge in [-0.05, 0) is 19.1 Å². The lowest BCUT2D eigenvalue weighted by molar-refractivity contribution is -0.143. The first-order valence-corrected chi connectivity index (χ1v) is 7.11. The Morgan fingerprint density at radius 3 is 2.53 bits per heavy atom. The van der Waals surface area contributed by atoms with Crippen molar-refractivity contribution in [2.45, 2.75) is 25.0 Å². The molecule has 0 radical (unpaired) electrons.